The highest BCUT2D eigenvalue weighted by atomic mass is 35.5. The maximum Gasteiger partial charge on any atom is 0.138 e. The van der Waals surface area contributed by atoms with Gasteiger partial charge >= 0.3 is 0 Å². The van der Waals surface area contributed by atoms with Gasteiger partial charge in [-0.1, -0.05) is 65.7 Å². The second-order valence-electron chi connectivity index (χ2n) is 6.16. The molecule has 0 aromatic heterocycles. The fourth-order valence-electron chi connectivity index (χ4n) is 2.97. The van der Waals surface area contributed by atoms with Crippen LogP contribution in [0.25, 0.3) is 0 Å². The molecular formula is C21H19Cl2NO. The number of hydrogen-bond acceptors (Lipinski definition) is 2. The summed E-state index contributed by atoms with van der Waals surface area (Å²) in [4.78, 5) is 2.05. The number of phenolic OH excluding ortho intramolecular Hbond substituents is 1. The molecule has 0 saturated heterocycles. The van der Waals surface area contributed by atoms with Crippen molar-refractivity contribution in [3.63, 3.8) is 0 Å². The predicted octanol–water partition coefficient (Wildman–Crippen LogP) is 5.95. The van der Waals surface area contributed by atoms with Crippen molar-refractivity contribution in [2.75, 3.05) is 19.0 Å². The van der Waals surface area contributed by atoms with Gasteiger partial charge in [-0.2, -0.15) is 0 Å². The van der Waals surface area contributed by atoms with Gasteiger partial charge in [0, 0.05) is 36.3 Å². The van der Waals surface area contributed by atoms with Crippen LogP contribution >= 0.6 is 23.2 Å². The summed E-state index contributed by atoms with van der Waals surface area (Å²) in [5.41, 5.74) is 3.93. The average Bonchev–Trinajstić information content (AvgIpc) is 2.60. The van der Waals surface area contributed by atoms with Gasteiger partial charge in [-0.05, 0) is 35.4 Å². The Labute approximate surface area is 158 Å². The Balaban J connectivity index is 2.18. The summed E-state index contributed by atoms with van der Waals surface area (Å²) in [7, 11) is 4.01. The van der Waals surface area contributed by atoms with E-state index in [4.69, 9.17) is 23.2 Å². The molecule has 0 amide bonds. The number of benzene rings is 3. The zero-order chi connectivity index (χ0) is 18.0. The van der Waals surface area contributed by atoms with Crippen LogP contribution < -0.4 is 4.90 Å². The number of phenols is 1. The first-order chi connectivity index (χ1) is 12.0. The van der Waals surface area contributed by atoms with Crippen molar-refractivity contribution < 1.29 is 5.11 Å². The van der Waals surface area contributed by atoms with E-state index in [1.165, 1.54) is 0 Å². The zero-order valence-electron chi connectivity index (χ0n) is 14.1. The monoisotopic (exact) mass is 371 g/mol. The minimum atomic E-state index is -0.159. The lowest BCUT2D eigenvalue weighted by molar-refractivity contribution is 0.467. The second kappa shape index (κ2) is 7.38. The first-order valence-electron chi connectivity index (χ1n) is 7.97. The van der Waals surface area contributed by atoms with E-state index in [9.17, 15) is 5.11 Å². The molecule has 0 fully saturated rings. The predicted molar refractivity (Wildman–Crippen MR) is 106 cm³/mol. The van der Waals surface area contributed by atoms with Gasteiger partial charge in [0.05, 0.1) is 5.02 Å². The third-order valence-electron chi connectivity index (χ3n) is 4.24. The quantitative estimate of drug-likeness (QED) is 0.573. The van der Waals surface area contributed by atoms with E-state index in [2.05, 4.69) is 29.2 Å². The van der Waals surface area contributed by atoms with E-state index in [1.54, 1.807) is 12.1 Å². The minimum absolute atomic E-state index is 0.0663. The lowest BCUT2D eigenvalue weighted by Crippen LogP contribution is -2.09. The van der Waals surface area contributed by atoms with Crippen LogP contribution in [0.2, 0.25) is 10.0 Å². The Morgan fingerprint density at radius 3 is 2.04 bits per heavy atom. The molecule has 0 aliphatic heterocycles. The molecule has 0 spiro atoms. The van der Waals surface area contributed by atoms with Crippen molar-refractivity contribution in [3.8, 4) is 5.75 Å². The zero-order valence-corrected chi connectivity index (χ0v) is 15.6. The fraction of sp³-hybridized carbons (Fsp3) is 0.143. The number of hydrogen-bond donors (Lipinski definition) is 1. The standard InChI is InChI=1S/C21H19Cl2NO/c1-24(2)17-10-8-15(9-11-17)20(14-6-4-3-5-7-14)18-12-16(22)13-19(23)21(18)25/h3-13,20,25H,1-2H3. The van der Waals surface area contributed by atoms with Crippen LogP contribution in [0.3, 0.4) is 0 Å². The summed E-state index contributed by atoms with van der Waals surface area (Å²) >= 11 is 12.4. The van der Waals surface area contributed by atoms with Crippen molar-refractivity contribution in [2.24, 2.45) is 0 Å². The Kier molecular flexibility index (Phi) is 5.22. The number of rotatable bonds is 4. The smallest absolute Gasteiger partial charge is 0.138 e. The van der Waals surface area contributed by atoms with Crippen LogP contribution in [0.1, 0.15) is 22.6 Å². The first kappa shape index (κ1) is 17.7. The molecule has 3 aromatic carbocycles. The minimum Gasteiger partial charge on any atom is -0.506 e. The van der Waals surface area contributed by atoms with Crippen molar-refractivity contribution in [1.82, 2.24) is 0 Å². The van der Waals surface area contributed by atoms with E-state index in [1.807, 2.05) is 44.4 Å². The molecule has 3 aromatic rings. The molecule has 128 valence electrons. The highest BCUT2D eigenvalue weighted by Gasteiger charge is 2.22. The maximum absolute atomic E-state index is 10.6. The number of halogens is 2. The lowest BCUT2D eigenvalue weighted by Gasteiger charge is -2.22. The van der Waals surface area contributed by atoms with Gasteiger partial charge in [-0.25, -0.2) is 0 Å². The topological polar surface area (TPSA) is 23.5 Å². The second-order valence-corrected chi connectivity index (χ2v) is 7.00. The number of aromatic hydroxyl groups is 1. The van der Waals surface area contributed by atoms with E-state index < -0.39 is 0 Å². The molecule has 0 saturated carbocycles. The van der Waals surface area contributed by atoms with Crippen molar-refractivity contribution in [3.05, 3.63) is 93.5 Å². The summed E-state index contributed by atoms with van der Waals surface area (Å²) in [5.74, 6) is -0.0924. The van der Waals surface area contributed by atoms with Crippen LogP contribution in [0.4, 0.5) is 5.69 Å². The van der Waals surface area contributed by atoms with E-state index >= 15 is 0 Å². The van der Waals surface area contributed by atoms with Gasteiger partial charge in [0.2, 0.25) is 0 Å². The third-order valence-corrected chi connectivity index (χ3v) is 4.75. The molecule has 25 heavy (non-hydrogen) atoms. The van der Waals surface area contributed by atoms with E-state index in [0.29, 0.717) is 10.6 Å². The van der Waals surface area contributed by atoms with Gasteiger partial charge in [0.1, 0.15) is 5.75 Å². The third kappa shape index (κ3) is 3.76. The summed E-state index contributed by atoms with van der Waals surface area (Å²) < 4.78 is 0. The number of anilines is 1. The largest absolute Gasteiger partial charge is 0.506 e. The van der Waals surface area contributed by atoms with Crippen molar-refractivity contribution in [2.45, 2.75) is 5.92 Å². The highest BCUT2D eigenvalue weighted by molar-refractivity contribution is 6.35. The van der Waals surface area contributed by atoms with Crippen LogP contribution in [0, 0.1) is 0 Å². The van der Waals surface area contributed by atoms with Gasteiger partial charge < -0.3 is 10.0 Å². The summed E-state index contributed by atoms with van der Waals surface area (Å²) in [6.45, 7) is 0. The molecule has 1 atom stereocenters. The maximum atomic E-state index is 10.6. The molecular weight excluding hydrogens is 353 g/mol. The molecule has 0 heterocycles. The van der Waals surface area contributed by atoms with Crippen LogP contribution in [-0.2, 0) is 0 Å². The Morgan fingerprint density at radius 2 is 1.44 bits per heavy atom. The lowest BCUT2D eigenvalue weighted by atomic mass is 9.84. The van der Waals surface area contributed by atoms with Gasteiger partial charge in [-0.3, -0.25) is 0 Å². The first-order valence-corrected chi connectivity index (χ1v) is 8.73. The molecule has 1 unspecified atom stereocenters. The van der Waals surface area contributed by atoms with E-state index in [-0.39, 0.29) is 16.7 Å². The molecule has 0 bridgehead atoms. The molecule has 0 aliphatic carbocycles. The highest BCUT2D eigenvalue weighted by Crippen LogP contribution is 2.41. The van der Waals surface area contributed by atoms with Gasteiger partial charge in [0.25, 0.3) is 0 Å². The number of nitrogens with zero attached hydrogens (tertiary/aromatic N) is 1. The summed E-state index contributed by atoms with van der Waals surface area (Å²) in [5, 5.41) is 11.3. The van der Waals surface area contributed by atoms with Gasteiger partial charge in [-0.15, -0.1) is 0 Å². The molecule has 0 aliphatic rings. The molecule has 4 heteroatoms. The average molecular weight is 372 g/mol. The van der Waals surface area contributed by atoms with Crippen molar-refractivity contribution >= 4 is 28.9 Å². The Morgan fingerprint density at radius 1 is 0.840 bits per heavy atom. The van der Waals surface area contributed by atoms with Crippen LogP contribution in [0.15, 0.2) is 66.7 Å². The Hall–Kier alpha value is -2.16. The summed E-state index contributed by atoms with van der Waals surface area (Å²) in [6, 6.07) is 21.6. The normalized spacial score (nSPS) is 12.0. The van der Waals surface area contributed by atoms with Gasteiger partial charge in [0.15, 0.2) is 0 Å². The Bertz CT molecular complexity index is 861. The van der Waals surface area contributed by atoms with Crippen molar-refractivity contribution in [1.29, 1.82) is 0 Å². The molecule has 0 radical (unpaired) electrons. The molecule has 1 N–H and O–H groups in total. The summed E-state index contributed by atoms with van der Waals surface area (Å²) in [6.07, 6.45) is 0. The van der Waals surface area contributed by atoms with Crippen LogP contribution in [0.5, 0.6) is 5.75 Å². The van der Waals surface area contributed by atoms with Crippen LogP contribution in [-0.4, -0.2) is 19.2 Å². The SMILES string of the molecule is CN(C)c1ccc(C(c2ccccc2)c2cc(Cl)cc(Cl)c2O)cc1. The molecule has 2 nitrogen and oxygen atoms in total. The fourth-order valence-corrected chi connectivity index (χ4v) is 3.48. The molecule has 3 rings (SSSR count). The van der Waals surface area contributed by atoms with E-state index in [0.717, 1.165) is 16.8 Å².